The molecule has 0 aliphatic carbocycles. The maximum atomic E-state index is 12.3. The highest BCUT2D eigenvalue weighted by atomic mass is 32.2. The quantitative estimate of drug-likeness (QED) is 0.614. The van der Waals surface area contributed by atoms with Gasteiger partial charge in [-0.3, -0.25) is 9.59 Å². The molecule has 1 N–H and O–H groups in total. The van der Waals surface area contributed by atoms with E-state index in [0.717, 1.165) is 21.0 Å². The predicted molar refractivity (Wildman–Crippen MR) is 115 cm³/mol. The standard InChI is InChI=1S/C20H23NO2S3/c1-13-11-17(14(2)26-13)18(22)7-8-19(23)21-16-6-3-5-15(12-16)20-24-9-4-10-25-20/h3,5-6,11-12,20H,4,7-10H2,1-2H3,(H,21,23). The molecule has 0 unspecified atom stereocenters. The van der Waals surface area contributed by atoms with Gasteiger partial charge in [0.1, 0.15) is 0 Å². The Hall–Kier alpha value is -1.24. The van der Waals surface area contributed by atoms with Crippen LogP contribution in [0.4, 0.5) is 5.69 Å². The van der Waals surface area contributed by atoms with Crippen molar-refractivity contribution in [3.63, 3.8) is 0 Å². The zero-order chi connectivity index (χ0) is 18.5. The molecule has 1 amide bonds. The number of nitrogens with one attached hydrogen (secondary N) is 1. The van der Waals surface area contributed by atoms with Crippen LogP contribution < -0.4 is 5.32 Å². The molecule has 0 atom stereocenters. The molecule has 0 bridgehead atoms. The summed E-state index contributed by atoms with van der Waals surface area (Å²) >= 11 is 5.56. The van der Waals surface area contributed by atoms with Crippen LogP contribution in [0.1, 0.15) is 49.5 Å². The maximum Gasteiger partial charge on any atom is 0.224 e. The Balaban J connectivity index is 1.54. The average molecular weight is 406 g/mol. The van der Waals surface area contributed by atoms with Crippen LogP contribution in [0, 0.1) is 13.8 Å². The first-order chi connectivity index (χ1) is 12.5. The molecule has 1 aromatic carbocycles. The van der Waals surface area contributed by atoms with Gasteiger partial charge in [0.2, 0.25) is 5.91 Å². The van der Waals surface area contributed by atoms with Crippen LogP contribution in [0.25, 0.3) is 0 Å². The Bertz CT molecular complexity index is 794. The summed E-state index contributed by atoms with van der Waals surface area (Å²) in [4.78, 5) is 26.7. The second-order valence-electron chi connectivity index (χ2n) is 6.35. The van der Waals surface area contributed by atoms with Gasteiger partial charge >= 0.3 is 0 Å². The van der Waals surface area contributed by atoms with Gasteiger partial charge in [-0.15, -0.1) is 34.9 Å². The topological polar surface area (TPSA) is 46.2 Å². The van der Waals surface area contributed by atoms with Crippen molar-refractivity contribution < 1.29 is 9.59 Å². The van der Waals surface area contributed by atoms with E-state index in [1.165, 1.54) is 23.5 Å². The Labute approximate surface area is 167 Å². The summed E-state index contributed by atoms with van der Waals surface area (Å²) in [5, 5.41) is 2.94. The highest BCUT2D eigenvalue weighted by Crippen LogP contribution is 2.44. The first-order valence-corrected chi connectivity index (χ1v) is 11.7. The molecule has 3 nitrogen and oxygen atoms in total. The molecule has 1 aromatic heterocycles. The van der Waals surface area contributed by atoms with Crippen molar-refractivity contribution in [1.29, 1.82) is 0 Å². The molecular weight excluding hydrogens is 382 g/mol. The van der Waals surface area contributed by atoms with E-state index < -0.39 is 0 Å². The summed E-state index contributed by atoms with van der Waals surface area (Å²) in [6.45, 7) is 3.95. The zero-order valence-electron chi connectivity index (χ0n) is 15.0. The van der Waals surface area contributed by atoms with E-state index in [1.807, 2.05) is 55.6 Å². The molecule has 1 aliphatic heterocycles. The fraction of sp³-hybridized carbons (Fsp3) is 0.400. The lowest BCUT2D eigenvalue weighted by Gasteiger charge is -2.21. The molecular formula is C20H23NO2S3. The number of benzene rings is 1. The van der Waals surface area contributed by atoms with Crippen molar-refractivity contribution >= 4 is 52.2 Å². The molecule has 26 heavy (non-hydrogen) atoms. The fourth-order valence-corrected chi connectivity index (χ4v) is 6.75. The lowest BCUT2D eigenvalue weighted by molar-refractivity contribution is -0.116. The lowest BCUT2D eigenvalue weighted by atomic mass is 10.1. The van der Waals surface area contributed by atoms with E-state index in [0.29, 0.717) is 4.58 Å². The number of thioether (sulfide) groups is 2. The van der Waals surface area contributed by atoms with Crippen molar-refractivity contribution in [2.75, 3.05) is 16.8 Å². The van der Waals surface area contributed by atoms with E-state index in [9.17, 15) is 9.59 Å². The molecule has 1 fully saturated rings. The van der Waals surface area contributed by atoms with Gasteiger partial charge in [-0.25, -0.2) is 0 Å². The number of carbonyl (C=O) groups excluding carboxylic acids is 2. The number of rotatable bonds is 6. The number of carbonyl (C=O) groups is 2. The molecule has 2 heterocycles. The van der Waals surface area contributed by atoms with E-state index in [-0.39, 0.29) is 24.5 Å². The van der Waals surface area contributed by atoms with Gasteiger partial charge in [0.15, 0.2) is 5.78 Å². The van der Waals surface area contributed by atoms with Gasteiger partial charge in [-0.05, 0) is 55.5 Å². The second-order valence-corrected chi connectivity index (χ2v) is 10.5. The molecule has 138 valence electrons. The van der Waals surface area contributed by atoms with Crippen LogP contribution in [0.2, 0.25) is 0 Å². The number of anilines is 1. The van der Waals surface area contributed by atoms with Crippen molar-refractivity contribution in [2.45, 2.75) is 37.7 Å². The minimum atomic E-state index is -0.107. The number of thiophene rings is 1. The van der Waals surface area contributed by atoms with Gasteiger partial charge in [0.05, 0.1) is 4.58 Å². The van der Waals surface area contributed by atoms with Gasteiger partial charge in [0, 0.05) is 33.8 Å². The molecule has 0 radical (unpaired) electrons. The summed E-state index contributed by atoms with van der Waals surface area (Å²) < 4.78 is 0.451. The Morgan fingerprint density at radius 3 is 2.58 bits per heavy atom. The third-order valence-corrected chi connectivity index (χ3v) is 8.17. The van der Waals surface area contributed by atoms with E-state index >= 15 is 0 Å². The van der Waals surface area contributed by atoms with Crippen LogP contribution in [0.5, 0.6) is 0 Å². The zero-order valence-corrected chi connectivity index (χ0v) is 17.5. The normalized spacial score (nSPS) is 15.0. The van der Waals surface area contributed by atoms with Crippen LogP contribution in [-0.2, 0) is 4.79 Å². The first-order valence-electron chi connectivity index (χ1n) is 8.76. The number of aryl methyl sites for hydroxylation is 2. The Kier molecular flexibility index (Phi) is 6.84. The largest absolute Gasteiger partial charge is 0.326 e. The molecule has 1 saturated heterocycles. The van der Waals surface area contributed by atoms with Crippen molar-refractivity contribution in [2.24, 2.45) is 0 Å². The Morgan fingerprint density at radius 1 is 1.12 bits per heavy atom. The average Bonchev–Trinajstić information content (AvgIpc) is 2.99. The fourth-order valence-electron chi connectivity index (χ4n) is 2.94. The third kappa shape index (κ3) is 5.15. The Morgan fingerprint density at radius 2 is 1.88 bits per heavy atom. The van der Waals surface area contributed by atoms with Gasteiger partial charge in [0.25, 0.3) is 0 Å². The minimum absolute atomic E-state index is 0.0470. The molecule has 0 saturated carbocycles. The first kappa shape index (κ1) is 19.5. The van der Waals surface area contributed by atoms with Gasteiger partial charge in [-0.2, -0.15) is 0 Å². The SMILES string of the molecule is Cc1cc(C(=O)CCC(=O)Nc2cccc(C3SCCCS3)c2)c(C)s1. The number of amides is 1. The summed E-state index contributed by atoms with van der Waals surface area (Å²) in [5.41, 5.74) is 2.82. The number of hydrogen-bond acceptors (Lipinski definition) is 5. The maximum absolute atomic E-state index is 12.3. The van der Waals surface area contributed by atoms with Crippen LogP contribution in [0.3, 0.4) is 0 Å². The van der Waals surface area contributed by atoms with Crippen molar-refractivity contribution in [1.82, 2.24) is 0 Å². The number of Topliss-reactive ketones (excluding diaryl/α,β-unsaturated/α-hetero) is 1. The van der Waals surface area contributed by atoms with Crippen molar-refractivity contribution in [3.8, 4) is 0 Å². The van der Waals surface area contributed by atoms with Crippen LogP contribution in [0.15, 0.2) is 30.3 Å². The van der Waals surface area contributed by atoms with Crippen LogP contribution >= 0.6 is 34.9 Å². The highest BCUT2D eigenvalue weighted by molar-refractivity contribution is 8.16. The van der Waals surface area contributed by atoms with Crippen LogP contribution in [-0.4, -0.2) is 23.2 Å². The number of ketones is 1. The summed E-state index contributed by atoms with van der Waals surface area (Å²) in [6.07, 6.45) is 1.72. The monoisotopic (exact) mass is 405 g/mol. The molecule has 1 aliphatic rings. The molecule has 3 rings (SSSR count). The van der Waals surface area contributed by atoms with Gasteiger partial charge in [-0.1, -0.05) is 12.1 Å². The minimum Gasteiger partial charge on any atom is -0.326 e. The molecule has 6 heteroatoms. The predicted octanol–water partition coefficient (Wildman–Crippen LogP) is 5.84. The molecule has 0 spiro atoms. The van der Waals surface area contributed by atoms with E-state index in [4.69, 9.17) is 0 Å². The summed E-state index contributed by atoms with van der Waals surface area (Å²) in [7, 11) is 0. The summed E-state index contributed by atoms with van der Waals surface area (Å²) in [5.74, 6) is 2.32. The van der Waals surface area contributed by atoms with Crippen molar-refractivity contribution in [3.05, 3.63) is 51.2 Å². The molecule has 2 aromatic rings. The van der Waals surface area contributed by atoms with Gasteiger partial charge < -0.3 is 5.32 Å². The second kappa shape index (κ2) is 9.11. The summed E-state index contributed by atoms with van der Waals surface area (Å²) in [6, 6.07) is 10.00. The number of hydrogen-bond donors (Lipinski definition) is 1. The van der Waals surface area contributed by atoms with E-state index in [1.54, 1.807) is 11.3 Å². The highest BCUT2D eigenvalue weighted by Gasteiger charge is 2.17. The smallest absolute Gasteiger partial charge is 0.224 e. The lowest BCUT2D eigenvalue weighted by Crippen LogP contribution is -2.14. The van der Waals surface area contributed by atoms with E-state index in [2.05, 4.69) is 17.4 Å². The third-order valence-electron chi connectivity index (χ3n) is 4.19.